The van der Waals surface area contributed by atoms with Crippen LogP contribution in [0.3, 0.4) is 0 Å². The summed E-state index contributed by atoms with van der Waals surface area (Å²) in [6.45, 7) is 4.47. The van der Waals surface area contributed by atoms with Crippen molar-refractivity contribution < 1.29 is 14.3 Å². The molecule has 0 heterocycles. The Hall–Kier alpha value is -1.49. The van der Waals surface area contributed by atoms with Gasteiger partial charge >= 0.3 is 5.97 Å². The quantitative estimate of drug-likeness (QED) is 0.784. The standard InChI is InChI=1S/C15H21NO3S/c1-11-4-6-13(7-5-11)9-16-14(17)10-20-12(2)8-15(18)19-3/h4-7,12H,8-10H2,1-3H3,(H,16,17). The monoisotopic (exact) mass is 295 g/mol. The van der Waals surface area contributed by atoms with Gasteiger partial charge in [0.15, 0.2) is 0 Å². The van der Waals surface area contributed by atoms with Crippen molar-refractivity contribution in [2.75, 3.05) is 12.9 Å². The Bertz CT molecular complexity index is 445. The number of methoxy groups -OCH3 is 1. The van der Waals surface area contributed by atoms with E-state index in [4.69, 9.17) is 0 Å². The van der Waals surface area contributed by atoms with Gasteiger partial charge in [-0.15, -0.1) is 11.8 Å². The Morgan fingerprint density at radius 1 is 1.30 bits per heavy atom. The molecule has 0 spiro atoms. The minimum absolute atomic E-state index is 0.0210. The van der Waals surface area contributed by atoms with Crippen LogP contribution in [0.15, 0.2) is 24.3 Å². The SMILES string of the molecule is COC(=O)CC(C)SCC(=O)NCc1ccc(C)cc1. The number of esters is 1. The van der Waals surface area contributed by atoms with Crippen LogP contribution in [-0.2, 0) is 20.9 Å². The number of amides is 1. The van der Waals surface area contributed by atoms with Crippen LogP contribution in [0.1, 0.15) is 24.5 Å². The van der Waals surface area contributed by atoms with Crippen LogP contribution in [0.2, 0.25) is 0 Å². The van der Waals surface area contributed by atoms with Gasteiger partial charge in [0, 0.05) is 11.8 Å². The van der Waals surface area contributed by atoms with Crippen molar-refractivity contribution in [1.82, 2.24) is 5.32 Å². The zero-order valence-corrected chi connectivity index (χ0v) is 13.0. The van der Waals surface area contributed by atoms with Gasteiger partial charge in [-0.3, -0.25) is 9.59 Å². The Morgan fingerprint density at radius 2 is 1.95 bits per heavy atom. The lowest BCUT2D eigenvalue weighted by Crippen LogP contribution is -2.25. The number of hydrogen-bond acceptors (Lipinski definition) is 4. The first kappa shape index (κ1) is 16.6. The molecule has 1 amide bonds. The molecule has 1 N–H and O–H groups in total. The average Bonchev–Trinajstić information content (AvgIpc) is 2.44. The molecule has 0 aromatic heterocycles. The van der Waals surface area contributed by atoms with E-state index in [2.05, 4.69) is 10.1 Å². The summed E-state index contributed by atoms with van der Waals surface area (Å²) in [6, 6.07) is 8.05. The number of thioether (sulfide) groups is 1. The highest BCUT2D eigenvalue weighted by Crippen LogP contribution is 2.14. The molecule has 0 fully saturated rings. The molecule has 5 heteroatoms. The molecule has 1 aromatic carbocycles. The zero-order chi connectivity index (χ0) is 15.0. The van der Waals surface area contributed by atoms with Gasteiger partial charge in [-0.2, -0.15) is 0 Å². The van der Waals surface area contributed by atoms with Crippen molar-refractivity contribution in [3.05, 3.63) is 35.4 Å². The molecule has 0 saturated carbocycles. The summed E-state index contributed by atoms with van der Waals surface area (Å²) < 4.78 is 4.59. The van der Waals surface area contributed by atoms with Crippen molar-refractivity contribution in [2.24, 2.45) is 0 Å². The second-order valence-electron chi connectivity index (χ2n) is 4.66. The fourth-order valence-corrected chi connectivity index (χ4v) is 2.34. The van der Waals surface area contributed by atoms with Crippen LogP contribution in [0.4, 0.5) is 0 Å². The third-order valence-corrected chi connectivity index (χ3v) is 3.96. The van der Waals surface area contributed by atoms with Gasteiger partial charge in [-0.25, -0.2) is 0 Å². The number of carbonyl (C=O) groups is 2. The van der Waals surface area contributed by atoms with Crippen molar-refractivity contribution in [3.63, 3.8) is 0 Å². The minimum atomic E-state index is -0.245. The number of ether oxygens (including phenoxy) is 1. The van der Waals surface area contributed by atoms with E-state index < -0.39 is 0 Å². The molecule has 0 saturated heterocycles. The van der Waals surface area contributed by atoms with Crippen LogP contribution >= 0.6 is 11.8 Å². The van der Waals surface area contributed by atoms with Crippen LogP contribution < -0.4 is 5.32 Å². The Morgan fingerprint density at radius 3 is 2.55 bits per heavy atom. The molecule has 0 aliphatic rings. The third kappa shape index (κ3) is 6.61. The van der Waals surface area contributed by atoms with Crippen molar-refractivity contribution in [1.29, 1.82) is 0 Å². The molecule has 1 atom stereocenters. The van der Waals surface area contributed by atoms with Crippen LogP contribution in [0.25, 0.3) is 0 Å². The third-order valence-electron chi connectivity index (χ3n) is 2.79. The fraction of sp³-hybridized carbons (Fsp3) is 0.467. The van der Waals surface area contributed by atoms with Crippen LogP contribution in [0.5, 0.6) is 0 Å². The predicted octanol–water partition coefficient (Wildman–Crippen LogP) is 2.30. The van der Waals surface area contributed by atoms with E-state index >= 15 is 0 Å². The lowest BCUT2D eigenvalue weighted by molar-refractivity contribution is -0.140. The molecule has 1 rings (SSSR count). The molecule has 1 aromatic rings. The number of benzene rings is 1. The van der Waals surface area contributed by atoms with E-state index in [0.717, 1.165) is 5.56 Å². The highest BCUT2D eigenvalue weighted by molar-refractivity contribution is 8.00. The first-order valence-corrected chi connectivity index (χ1v) is 7.56. The second-order valence-corrected chi connectivity index (χ2v) is 6.09. The summed E-state index contributed by atoms with van der Waals surface area (Å²) in [7, 11) is 1.37. The number of rotatable bonds is 7. The summed E-state index contributed by atoms with van der Waals surface area (Å²) in [5.74, 6) is 0.0849. The molecule has 0 aliphatic heterocycles. The number of hydrogen-bond donors (Lipinski definition) is 1. The van der Waals surface area contributed by atoms with Gasteiger partial charge in [0.2, 0.25) is 5.91 Å². The van der Waals surface area contributed by atoms with E-state index in [9.17, 15) is 9.59 Å². The lowest BCUT2D eigenvalue weighted by Gasteiger charge is -2.10. The summed E-state index contributed by atoms with van der Waals surface area (Å²) in [4.78, 5) is 22.8. The number of carbonyl (C=O) groups excluding carboxylic acids is 2. The first-order valence-electron chi connectivity index (χ1n) is 6.52. The van der Waals surface area contributed by atoms with Crippen LogP contribution in [0, 0.1) is 6.92 Å². The van der Waals surface area contributed by atoms with E-state index in [0.29, 0.717) is 18.7 Å². The molecule has 0 aliphatic carbocycles. The summed E-state index contributed by atoms with van der Waals surface area (Å²) in [6.07, 6.45) is 0.326. The summed E-state index contributed by atoms with van der Waals surface area (Å²) in [5, 5.41) is 2.94. The Kier molecular flexibility index (Phi) is 7.15. The smallest absolute Gasteiger partial charge is 0.306 e. The lowest BCUT2D eigenvalue weighted by atomic mass is 10.1. The molecule has 20 heavy (non-hydrogen) atoms. The topological polar surface area (TPSA) is 55.4 Å². The fourth-order valence-electron chi connectivity index (χ4n) is 1.55. The number of nitrogens with one attached hydrogen (secondary N) is 1. The molecule has 110 valence electrons. The maximum atomic E-state index is 11.7. The van der Waals surface area contributed by atoms with E-state index in [1.807, 2.05) is 38.1 Å². The van der Waals surface area contributed by atoms with E-state index in [1.54, 1.807) is 0 Å². The molecule has 0 bridgehead atoms. The van der Waals surface area contributed by atoms with Gasteiger partial charge in [-0.1, -0.05) is 36.8 Å². The summed E-state index contributed by atoms with van der Waals surface area (Å²) in [5.41, 5.74) is 2.28. The molecule has 0 radical (unpaired) electrons. The highest BCUT2D eigenvalue weighted by Gasteiger charge is 2.11. The van der Waals surface area contributed by atoms with Gasteiger partial charge in [0.1, 0.15) is 0 Å². The Labute approximate surface area is 124 Å². The first-order chi connectivity index (χ1) is 9.51. The minimum Gasteiger partial charge on any atom is -0.469 e. The van der Waals surface area contributed by atoms with Crippen LogP contribution in [-0.4, -0.2) is 30.0 Å². The molecule has 1 unspecified atom stereocenters. The zero-order valence-electron chi connectivity index (χ0n) is 12.1. The molecule has 4 nitrogen and oxygen atoms in total. The normalized spacial score (nSPS) is 11.8. The van der Waals surface area contributed by atoms with Gasteiger partial charge < -0.3 is 10.1 Å². The molecular formula is C15H21NO3S. The van der Waals surface area contributed by atoms with Crippen molar-refractivity contribution >= 4 is 23.6 Å². The van der Waals surface area contributed by atoms with Gasteiger partial charge in [0.25, 0.3) is 0 Å². The van der Waals surface area contributed by atoms with E-state index in [1.165, 1.54) is 24.4 Å². The molecular weight excluding hydrogens is 274 g/mol. The van der Waals surface area contributed by atoms with Gasteiger partial charge in [-0.05, 0) is 12.5 Å². The van der Waals surface area contributed by atoms with Crippen molar-refractivity contribution in [2.45, 2.75) is 32.1 Å². The maximum Gasteiger partial charge on any atom is 0.306 e. The summed E-state index contributed by atoms with van der Waals surface area (Å²) >= 11 is 1.45. The number of aryl methyl sites for hydroxylation is 1. The predicted molar refractivity (Wildman–Crippen MR) is 81.6 cm³/mol. The average molecular weight is 295 g/mol. The van der Waals surface area contributed by atoms with Gasteiger partial charge in [0.05, 0.1) is 19.3 Å². The second kappa shape index (κ2) is 8.64. The maximum absolute atomic E-state index is 11.7. The van der Waals surface area contributed by atoms with E-state index in [-0.39, 0.29) is 17.1 Å². The Balaban J connectivity index is 2.23. The van der Waals surface area contributed by atoms with Crippen molar-refractivity contribution in [3.8, 4) is 0 Å². The highest BCUT2D eigenvalue weighted by atomic mass is 32.2. The largest absolute Gasteiger partial charge is 0.469 e.